The molecule has 3 heteroatoms. The molecule has 0 aromatic carbocycles. The van der Waals surface area contributed by atoms with E-state index in [-0.39, 0.29) is 24.1 Å². The second kappa shape index (κ2) is 6.36. The molecule has 0 aliphatic heterocycles. The fourth-order valence-electron chi connectivity index (χ4n) is 3.22. The van der Waals surface area contributed by atoms with Gasteiger partial charge in [0.1, 0.15) is 0 Å². The second-order valence-electron chi connectivity index (χ2n) is 7.14. The van der Waals surface area contributed by atoms with Gasteiger partial charge < -0.3 is 10.8 Å². The van der Waals surface area contributed by atoms with E-state index < -0.39 is 0 Å². The summed E-state index contributed by atoms with van der Waals surface area (Å²) in [4.78, 5) is 2.35. The Hall–Kier alpha value is -0.120. The van der Waals surface area contributed by atoms with E-state index in [4.69, 9.17) is 5.73 Å². The molecule has 0 amide bonds. The Morgan fingerprint density at radius 2 is 1.83 bits per heavy atom. The van der Waals surface area contributed by atoms with Crippen LogP contribution in [0, 0.1) is 11.3 Å². The van der Waals surface area contributed by atoms with Gasteiger partial charge in [0.05, 0.1) is 6.61 Å². The molecule has 4 unspecified atom stereocenters. The first-order valence-electron chi connectivity index (χ1n) is 7.37. The van der Waals surface area contributed by atoms with Crippen LogP contribution in [0.1, 0.15) is 53.4 Å². The lowest BCUT2D eigenvalue weighted by atomic mass is 9.80. The fraction of sp³-hybridized carbons (Fsp3) is 1.00. The Bertz CT molecular complexity index is 249. The number of hydrogen-bond acceptors (Lipinski definition) is 3. The van der Waals surface area contributed by atoms with Crippen molar-refractivity contribution in [3.63, 3.8) is 0 Å². The van der Waals surface area contributed by atoms with Crippen LogP contribution in [-0.2, 0) is 0 Å². The average Bonchev–Trinajstić information content (AvgIpc) is 2.29. The molecule has 108 valence electrons. The van der Waals surface area contributed by atoms with Gasteiger partial charge in [-0.1, -0.05) is 40.5 Å². The van der Waals surface area contributed by atoms with Gasteiger partial charge in [-0.15, -0.1) is 0 Å². The van der Waals surface area contributed by atoms with E-state index in [1.165, 1.54) is 25.7 Å². The van der Waals surface area contributed by atoms with Crippen molar-refractivity contribution in [2.24, 2.45) is 17.1 Å². The summed E-state index contributed by atoms with van der Waals surface area (Å²) < 4.78 is 0. The van der Waals surface area contributed by atoms with E-state index in [9.17, 15) is 5.11 Å². The molecule has 1 fully saturated rings. The summed E-state index contributed by atoms with van der Waals surface area (Å²) >= 11 is 0. The van der Waals surface area contributed by atoms with Crippen LogP contribution < -0.4 is 5.73 Å². The molecule has 0 radical (unpaired) electrons. The standard InChI is InChI=1S/C15H32N2O/c1-11-8-6-7-9-12(11)17(5)13(10-18)14(16)15(2,3)4/h11-14,18H,6-10,16H2,1-5H3. The third kappa shape index (κ3) is 3.69. The van der Waals surface area contributed by atoms with Gasteiger partial charge in [0.25, 0.3) is 0 Å². The zero-order valence-corrected chi connectivity index (χ0v) is 12.8. The van der Waals surface area contributed by atoms with Crippen LogP contribution in [0.3, 0.4) is 0 Å². The Labute approximate surface area is 113 Å². The monoisotopic (exact) mass is 256 g/mol. The Morgan fingerprint density at radius 3 is 2.28 bits per heavy atom. The van der Waals surface area contributed by atoms with E-state index in [0.29, 0.717) is 12.0 Å². The summed E-state index contributed by atoms with van der Waals surface area (Å²) in [6, 6.07) is 0.640. The predicted octanol–water partition coefficient (Wildman–Crippen LogP) is 2.23. The van der Waals surface area contributed by atoms with Crippen molar-refractivity contribution < 1.29 is 5.11 Å². The molecule has 1 aliphatic carbocycles. The van der Waals surface area contributed by atoms with Gasteiger partial charge in [0.15, 0.2) is 0 Å². The summed E-state index contributed by atoms with van der Waals surface area (Å²) in [5.41, 5.74) is 6.38. The van der Waals surface area contributed by atoms with Gasteiger partial charge in [0, 0.05) is 18.1 Å². The lowest BCUT2D eigenvalue weighted by Crippen LogP contribution is -2.58. The van der Waals surface area contributed by atoms with Crippen molar-refractivity contribution in [3.8, 4) is 0 Å². The molecule has 0 aromatic rings. The topological polar surface area (TPSA) is 49.5 Å². The van der Waals surface area contributed by atoms with Crippen LogP contribution in [0.4, 0.5) is 0 Å². The second-order valence-corrected chi connectivity index (χ2v) is 7.14. The molecule has 0 saturated heterocycles. The first-order valence-corrected chi connectivity index (χ1v) is 7.37. The highest BCUT2D eigenvalue weighted by atomic mass is 16.3. The fourth-order valence-corrected chi connectivity index (χ4v) is 3.22. The smallest absolute Gasteiger partial charge is 0.0602 e. The first-order chi connectivity index (χ1) is 8.29. The van der Waals surface area contributed by atoms with Gasteiger partial charge in [-0.3, -0.25) is 4.90 Å². The molecule has 18 heavy (non-hydrogen) atoms. The van der Waals surface area contributed by atoms with E-state index >= 15 is 0 Å². The van der Waals surface area contributed by atoms with Crippen molar-refractivity contribution in [3.05, 3.63) is 0 Å². The summed E-state index contributed by atoms with van der Waals surface area (Å²) in [5.74, 6) is 0.713. The average molecular weight is 256 g/mol. The zero-order chi connectivity index (χ0) is 13.9. The van der Waals surface area contributed by atoms with Crippen molar-refractivity contribution in [2.75, 3.05) is 13.7 Å². The summed E-state index contributed by atoms with van der Waals surface area (Å²) in [5, 5.41) is 9.73. The van der Waals surface area contributed by atoms with Gasteiger partial charge in [-0.05, 0) is 31.2 Å². The molecule has 4 atom stereocenters. The lowest BCUT2D eigenvalue weighted by Gasteiger charge is -2.45. The number of aliphatic hydroxyl groups excluding tert-OH is 1. The molecule has 0 spiro atoms. The van der Waals surface area contributed by atoms with Crippen LogP contribution in [0.5, 0.6) is 0 Å². The maximum absolute atomic E-state index is 9.73. The van der Waals surface area contributed by atoms with Crippen LogP contribution in [0.15, 0.2) is 0 Å². The number of nitrogens with zero attached hydrogens (tertiary/aromatic N) is 1. The molecule has 3 N–H and O–H groups in total. The molecule has 0 bridgehead atoms. The van der Waals surface area contributed by atoms with Crippen LogP contribution in [-0.4, -0.2) is 41.8 Å². The summed E-state index contributed by atoms with van der Waals surface area (Å²) in [7, 11) is 2.14. The number of rotatable bonds is 4. The Kier molecular flexibility index (Phi) is 5.63. The van der Waals surface area contributed by atoms with Crippen molar-refractivity contribution in [2.45, 2.75) is 71.5 Å². The minimum Gasteiger partial charge on any atom is -0.395 e. The van der Waals surface area contributed by atoms with E-state index in [0.717, 1.165) is 0 Å². The van der Waals surface area contributed by atoms with E-state index in [2.05, 4.69) is 39.6 Å². The Morgan fingerprint density at radius 1 is 1.28 bits per heavy atom. The number of likely N-dealkylation sites (N-methyl/N-ethyl adjacent to an activating group) is 1. The normalized spacial score (nSPS) is 29.3. The van der Waals surface area contributed by atoms with Crippen LogP contribution >= 0.6 is 0 Å². The molecular formula is C15H32N2O. The van der Waals surface area contributed by atoms with Crippen molar-refractivity contribution in [1.82, 2.24) is 4.90 Å². The molecule has 1 rings (SSSR count). The molecule has 1 saturated carbocycles. The highest BCUT2D eigenvalue weighted by Crippen LogP contribution is 2.31. The number of aliphatic hydroxyl groups is 1. The largest absolute Gasteiger partial charge is 0.395 e. The van der Waals surface area contributed by atoms with E-state index in [1.807, 2.05) is 0 Å². The molecule has 0 aromatic heterocycles. The van der Waals surface area contributed by atoms with Crippen molar-refractivity contribution in [1.29, 1.82) is 0 Å². The maximum Gasteiger partial charge on any atom is 0.0602 e. The third-order valence-corrected chi connectivity index (χ3v) is 4.71. The molecular weight excluding hydrogens is 224 g/mol. The number of nitrogens with two attached hydrogens (primary N) is 1. The van der Waals surface area contributed by atoms with Gasteiger partial charge in [0.2, 0.25) is 0 Å². The number of hydrogen-bond donors (Lipinski definition) is 2. The first kappa shape index (κ1) is 15.9. The maximum atomic E-state index is 9.73. The van der Waals surface area contributed by atoms with Crippen molar-refractivity contribution >= 4 is 0 Å². The minimum atomic E-state index is 0.00151. The molecule has 1 aliphatic rings. The van der Waals surface area contributed by atoms with Crippen LogP contribution in [0.2, 0.25) is 0 Å². The zero-order valence-electron chi connectivity index (χ0n) is 12.8. The lowest BCUT2D eigenvalue weighted by molar-refractivity contribution is 0.0290. The highest BCUT2D eigenvalue weighted by Gasteiger charge is 2.36. The summed E-state index contributed by atoms with van der Waals surface area (Å²) in [6.07, 6.45) is 5.20. The molecule has 3 nitrogen and oxygen atoms in total. The van der Waals surface area contributed by atoms with Gasteiger partial charge >= 0.3 is 0 Å². The Balaban J connectivity index is 2.74. The minimum absolute atomic E-state index is 0.00151. The van der Waals surface area contributed by atoms with Gasteiger partial charge in [-0.2, -0.15) is 0 Å². The van der Waals surface area contributed by atoms with Crippen LogP contribution in [0.25, 0.3) is 0 Å². The summed E-state index contributed by atoms with van der Waals surface area (Å²) in [6.45, 7) is 8.94. The highest BCUT2D eigenvalue weighted by molar-refractivity contribution is 4.92. The van der Waals surface area contributed by atoms with Gasteiger partial charge in [-0.25, -0.2) is 0 Å². The quantitative estimate of drug-likeness (QED) is 0.811. The SMILES string of the molecule is CC1CCCCC1N(C)C(CO)C(N)C(C)(C)C. The third-order valence-electron chi connectivity index (χ3n) is 4.71. The van der Waals surface area contributed by atoms with E-state index in [1.54, 1.807) is 0 Å². The molecule has 0 heterocycles. The predicted molar refractivity (Wildman–Crippen MR) is 77.5 cm³/mol.